The Hall–Kier alpha value is -1.36. The van der Waals surface area contributed by atoms with E-state index in [1.54, 1.807) is 17.8 Å². The molecule has 3 rings (SSSR count). The van der Waals surface area contributed by atoms with Gasteiger partial charge in [-0.1, -0.05) is 42.5 Å². The quantitative estimate of drug-likeness (QED) is 0.746. The molecule has 2 nitrogen and oxygen atoms in total. The van der Waals surface area contributed by atoms with E-state index in [9.17, 15) is 4.39 Å². The molecule has 0 spiro atoms. The van der Waals surface area contributed by atoms with Crippen molar-refractivity contribution in [3.8, 4) is 0 Å². The molecule has 0 aromatic heterocycles. The number of fused-ring (bicyclic) bond motifs is 1. The van der Waals surface area contributed by atoms with Gasteiger partial charge in [0.2, 0.25) is 0 Å². The lowest BCUT2D eigenvalue weighted by molar-refractivity contribution is 0.316. The SMILES string of the molecule is CN(CCCNC1CCSc2c(F)cccc21)Cc1ccccc1. The Kier molecular flexibility index (Phi) is 6.30. The highest BCUT2D eigenvalue weighted by atomic mass is 32.2. The van der Waals surface area contributed by atoms with Crippen LogP contribution in [-0.2, 0) is 6.54 Å². The van der Waals surface area contributed by atoms with Gasteiger partial charge >= 0.3 is 0 Å². The molecule has 1 atom stereocenters. The van der Waals surface area contributed by atoms with Gasteiger partial charge in [-0.2, -0.15) is 0 Å². The maximum atomic E-state index is 13.9. The highest BCUT2D eigenvalue weighted by molar-refractivity contribution is 7.99. The van der Waals surface area contributed by atoms with E-state index in [4.69, 9.17) is 0 Å². The van der Waals surface area contributed by atoms with E-state index in [-0.39, 0.29) is 11.9 Å². The van der Waals surface area contributed by atoms with Crippen LogP contribution in [0.2, 0.25) is 0 Å². The third kappa shape index (κ3) is 4.59. The smallest absolute Gasteiger partial charge is 0.137 e. The summed E-state index contributed by atoms with van der Waals surface area (Å²) in [6, 6.07) is 16.3. The van der Waals surface area contributed by atoms with E-state index in [1.807, 2.05) is 6.07 Å². The van der Waals surface area contributed by atoms with E-state index < -0.39 is 0 Å². The predicted molar refractivity (Wildman–Crippen MR) is 99.9 cm³/mol. The minimum Gasteiger partial charge on any atom is -0.310 e. The summed E-state index contributed by atoms with van der Waals surface area (Å²) in [4.78, 5) is 3.18. The first-order valence-electron chi connectivity index (χ1n) is 8.61. The molecule has 1 heterocycles. The van der Waals surface area contributed by atoms with Gasteiger partial charge in [0.1, 0.15) is 5.82 Å². The summed E-state index contributed by atoms with van der Waals surface area (Å²) >= 11 is 1.64. The Bertz CT molecular complexity index is 647. The molecule has 2 aromatic rings. The monoisotopic (exact) mass is 344 g/mol. The molecule has 1 N–H and O–H groups in total. The minimum atomic E-state index is -0.0772. The molecule has 0 bridgehead atoms. The first-order valence-corrected chi connectivity index (χ1v) is 9.59. The molecular formula is C20H25FN2S. The third-order valence-electron chi connectivity index (χ3n) is 4.43. The molecular weight excluding hydrogens is 319 g/mol. The lowest BCUT2D eigenvalue weighted by Crippen LogP contribution is -2.28. The molecule has 2 aromatic carbocycles. The first-order chi connectivity index (χ1) is 11.7. The van der Waals surface area contributed by atoms with Crippen LogP contribution in [0.3, 0.4) is 0 Å². The molecule has 1 unspecified atom stereocenters. The van der Waals surface area contributed by atoms with Crippen LogP contribution in [0.4, 0.5) is 4.39 Å². The standard InChI is InChI=1S/C20H25FN2S/c1-23(15-16-7-3-2-4-8-16)13-6-12-22-19-11-14-24-20-17(19)9-5-10-18(20)21/h2-5,7-10,19,22H,6,11-15H2,1H3. The van der Waals surface area contributed by atoms with Gasteiger partial charge in [-0.15, -0.1) is 11.8 Å². The summed E-state index contributed by atoms with van der Waals surface area (Å²) in [5.41, 5.74) is 2.48. The van der Waals surface area contributed by atoms with Crippen molar-refractivity contribution in [2.75, 3.05) is 25.9 Å². The van der Waals surface area contributed by atoms with E-state index in [0.29, 0.717) is 0 Å². The summed E-state index contributed by atoms with van der Waals surface area (Å²) in [6.45, 7) is 3.00. The van der Waals surface area contributed by atoms with Crippen molar-refractivity contribution in [2.24, 2.45) is 0 Å². The minimum absolute atomic E-state index is 0.0772. The maximum Gasteiger partial charge on any atom is 0.137 e. The van der Waals surface area contributed by atoms with Gasteiger partial charge in [0.05, 0.1) is 0 Å². The number of hydrogen-bond donors (Lipinski definition) is 1. The number of benzene rings is 2. The Balaban J connectivity index is 1.44. The number of thioether (sulfide) groups is 1. The fourth-order valence-electron chi connectivity index (χ4n) is 3.20. The van der Waals surface area contributed by atoms with Crippen molar-refractivity contribution in [3.63, 3.8) is 0 Å². The van der Waals surface area contributed by atoms with Crippen molar-refractivity contribution in [2.45, 2.75) is 30.3 Å². The summed E-state index contributed by atoms with van der Waals surface area (Å²) in [7, 11) is 2.16. The average Bonchev–Trinajstić information content (AvgIpc) is 2.60. The fraction of sp³-hybridized carbons (Fsp3) is 0.400. The van der Waals surface area contributed by atoms with E-state index in [1.165, 1.54) is 5.56 Å². The summed E-state index contributed by atoms with van der Waals surface area (Å²) < 4.78 is 13.9. The number of nitrogens with zero attached hydrogens (tertiary/aromatic N) is 1. The van der Waals surface area contributed by atoms with Crippen LogP contribution in [0.25, 0.3) is 0 Å². The molecule has 0 amide bonds. The molecule has 0 fully saturated rings. The van der Waals surface area contributed by atoms with Crippen LogP contribution < -0.4 is 5.32 Å². The predicted octanol–water partition coefficient (Wildman–Crippen LogP) is 4.47. The second-order valence-electron chi connectivity index (χ2n) is 6.38. The van der Waals surface area contributed by atoms with Crippen molar-refractivity contribution in [3.05, 3.63) is 65.5 Å². The first kappa shape index (κ1) is 17.5. The van der Waals surface area contributed by atoms with Crippen molar-refractivity contribution in [1.82, 2.24) is 10.2 Å². The van der Waals surface area contributed by atoms with Crippen LogP contribution in [0.5, 0.6) is 0 Å². The second kappa shape index (κ2) is 8.65. The largest absolute Gasteiger partial charge is 0.310 e. The molecule has 1 aliphatic rings. The molecule has 0 saturated carbocycles. The van der Waals surface area contributed by atoms with Gasteiger partial charge < -0.3 is 10.2 Å². The van der Waals surface area contributed by atoms with Gasteiger partial charge in [-0.25, -0.2) is 4.39 Å². The highest BCUT2D eigenvalue weighted by Gasteiger charge is 2.22. The van der Waals surface area contributed by atoms with Crippen LogP contribution in [-0.4, -0.2) is 30.8 Å². The maximum absolute atomic E-state index is 13.9. The van der Waals surface area contributed by atoms with Gasteiger partial charge in [0.15, 0.2) is 0 Å². The number of halogens is 1. The number of nitrogens with one attached hydrogen (secondary N) is 1. The van der Waals surface area contributed by atoms with Crippen molar-refractivity contribution >= 4 is 11.8 Å². The molecule has 128 valence electrons. The average molecular weight is 344 g/mol. The Morgan fingerprint density at radius 2 is 2.00 bits per heavy atom. The van der Waals surface area contributed by atoms with Crippen molar-refractivity contribution in [1.29, 1.82) is 0 Å². The van der Waals surface area contributed by atoms with Gasteiger partial charge in [-0.3, -0.25) is 0 Å². The Labute approximate surface area is 148 Å². The number of hydrogen-bond acceptors (Lipinski definition) is 3. The molecule has 4 heteroatoms. The van der Waals surface area contributed by atoms with Gasteiger partial charge in [0.25, 0.3) is 0 Å². The van der Waals surface area contributed by atoms with Crippen LogP contribution in [0.15, 0.2) is 53.4 Å². The van der Waals surface area contributed by atoms with E-state index in [2.05, 4.69) is 53.7 Å². The summed E-state index contributed by atoms with van der Waals surface area (Å²) in [5.74, 6) is 0.908. The third-order valence-corrected chi connectivity index (χ3v) is 5.59. The molecule has 0 aliphatic carbocycles. The summed E-state index contributed by atoms with van der Waals surface area (Å²) in [5, 5.41) is 3.62. The van der Waals surface area contributed by atoms with Crippen LogP contribution >= 0.6 is 11.8 Å². The fourth-order valence-corrected chi connectivity index (χ4v) is 4.34. The zero-order valence-corrected chi connectivity index (χ0v) is 15.0. The Morgan fingerprint density at radius 3 is 2.83 bits per heavy atom. The lowest BCUT2D eigenvalue weighted by Gasteiger charge is -2.26. The number of rotatable bonds is 7. The van der Waals surface area contributed by atoms with Gasteiger partial charge in [-0.05, 0) is 55.9 Å². The lowest BCUT2D eigenvalue weighted by atomic mass is 10.0. The van der Waals surface area contributed by atoms with Crippen LogP contribution in [0, 0.1) is 5.82 Å². The molecule has 1 aliphatic heterocycles. The topological polar surface area (TPSA) is 15.3 Å². The Morgan fingerprint density at radius 1 is 1.17 bits per heavy atom. The normalized spacial score (nSPS) is 17.0. The second-order valence-corrected chi connectivity index (χ2v) is 7.48. The van der Waals surface area contributed by atoms with E-state index in [0.717, 1.165) is 48.7 Å². The molecule has 24 heavy (non-hydrogen) atoms. The molecule has 0 radical (unpaired) electrons. The zero-order valence-electron chi connectivity index (χ0n) is 14.2. The summed E-state index contributed by atoms with van der Waals surface area (Å²) in [6.07, 6.45) is 2.17. The van der Waals surface area contributed by atoms with Crippen LogP contribution in [0.1, 0.15) is 30.0 Å². The van der Waals surface area contributed by atoms with Gasteiger partial charge in [0, 0.05) is 17.5 Å². The highest BCUT2D eigenvalue weighted by Crippen LogP contribution is 2.37. The molecule has 0 saturated heterocycles. The van der Waals surface area contributed by atoms with E-state index >= 15 is 0 Å². The zero-order chi connectivity index (χ0) is 16.8. The van der Waals surface area contributed by atoms with Crippen molar-refractivity contribution < 1.29 is 4.39 Å².